The molecule has 2 rings (SSSR count). The lowest BCUT2D eigenvalue weighted by Gasteiger charge is -2.35. The maximum absolute atomic E-state index is 11.4. The fraction of sp³-hybridized carbons (Fsp3) is 1.00. The van der Waals surface area contributed by atoms with E-state index >= 15 is 0 Å². The lowest BCUT2D eigenvalue weighted by Crippen LogP contribution is -2.52. The van der Waals surface area contributed by atoms with Crippen molar-refractivity contribution in [3.05, 3.63) is 0 Å². The highest BCUT2D eigenvalue weighted by molar-refractivity contribution is 7.85. The second kappa shape index (κ2) is 4.26. The number of hydrogen-bond acceptors (Lipinski definition) is 4. The van der Waals surface area contributed by atoms with Crippen LogP contribution in [-0.2, 0) is 10.8 Å². The van der Waals surface area contributed by atoms with Crippen LogP contribution in [0.2, 0.25) is 0 Å². The van der Waals surface area contributed by atoms with Crippen LogP contribution in [0.4, 0.5) is 0 Å². The number of hydrogen-bond donors (Lipinski definition) is 2. The van der Waals surface area contributed by atoms with Gasteiger partial charge >= 0.3 is 0 Å². The average Bonchev–Trinajstić information content (AvgIpc) is 2.57. The van der Waals surface area contributed by atoms with Gasteiger partial charge in [-0.3, -0.25) is 9.11 Å². The molecule has 5 heteroatoms. The number of nitrogens with zero attached hydrogens (tertiary/aromatic N) is 1. The van der Waals surface area contributed by atoms with Crippen molar-refractivity contribution >= 4 is 10.8 Å². The molecule has 0 saturated carbocycles. The number of aliphatic hydroxyl groups is 1. The van der Waals surface area contributed by atoms with Crippen molar-refractivity contribution < 1.29 is 9.32 Å². The van der Waals surface area contributed by atoms with Gasteiger partial charge in [-0.25, -0.2) is 0 Å². The Morgan fingerprint density at radius 2 is 2.29 bits per heavy atom. The van der Waals surface area contributed by atoms with E-state index in [0.29, 0.717) is 6.54 Å². The van der Waals surface area contributed by atoms with E-state index in [1.165, 1.54) is 0 Å². The standard InChI is InChI=1S/C9H18N2O2S/c1-7-6-11(2-3-14(7)13)8-4-10-5-9(8)12/h7-10,12H,2-6H2,1H3/t7?,8-,9-,14?/m1/s1. The van der Waals surface area contributed by atoms with Gasteiger partial charge in [0.2, 0.25) is 0 Å². The van der Waals surface area contributed by atoms with Crippen LogP contribution in [0, 0.1) is 0 Å². The molecule has 0 aromatic carbocycles. The Balaban J connectivity index is 1.95. The Morgan fingerprint density at radius 3 is 2.86 bits per heavy atom. The number of β-amino-alcohol motifs (C(OH)–C–C–N with tert-alkyl or cyclic N) is 1. The third kappa shape index (κ3) is 2.00. The first-order chi connectivity index (χ1) is 6.68. The van der Waals surface area contributed by atoms with Crippen LogP contribution >= 0.6 is 0 Å². The average molecular weight is 218 g/mol. The molecule has 82 valence electrons. The topological polar surface area (TPSA) is 52.6 Å². The van der Waals surface area contributed by atoms with Gasteiger partial charge < -0.3 is 10.4 Å². The summed E-state index contributed by atoms with van der Waals surface area (Å²) in [5.41, 5.74) is 0. The van der Waals surface area contributed by atoms with Gasteiger partial charge in [-0.05, 0) is 6.92 Å². The van der Waals surface area contributed by atoms with Crippen LogP contribution in [0.25, 0.3) is 0 Å². The number of nitrogens with one attached hydrogen (secondary N) is 1. The highest BCUT2D eigenvalue weighted by Crippen LogP contribution is 2.15. The van der Waals surface area contributed by atoms with Crippen molar-refractivity contribution in [2.24, 2.45) is 0 Å². The number of rotatable bonds is 1. The van der Waals surface area contributed by atoms with Crippen LogP contribution in [-0.4, -0.2) is 63.5 Å². The normalized spacial score (nSPS) is 45.6. The summed E-state index contributed by atoms with van der Waals surface area (Å²) >= 11 is 0. The summed E-state index contributed by atoms with van der Waals surface area (Å²) in [7, 11) is -0.661. The highest BCUT2D eigenvalue weighted by atomic mass is 32.2. The molecule has 2 unspecified atom stereocenters. The third-order valence-electron chi connectivity index (χ3n) is 3.14. The fourth-order valence-electron chi connectivity index (χ4n) is 2.24. The monoisotopic (exact) mass is 218 g/mol. The second-order valence-electron chi connectivity index (χ2n) is 4.18. The van der Waals surface area contributed by atoms with Gasteiger partial charge in [0.05, 0.1) is 6.10 Å². The van der Waals surface area contributed by atoms with Crippen molar-refractivity contribution in [3.8, 4) is 0 Å². The molecule has 2 fully saturated rings. The van der Waals surface area contributed by atoms with Crippen molar-refractivity contribution in [1.82, 2.24) is 10.2 Å². The van der Waals surface area contributed by atoms with Gasteiger partial charge in [-0.15, -0.1) is 0 Å². The first-order valence-electron chi connectivity index (χ1n) is 5.18. The van der Waals surface area contributed by atoms with E-state index in [9.17, 15) is 9.32 Å². The first-order valence-corrected chi connectivity index (χ1v) is 6.56. The molecule has 2 saturated heterocycles. The van der Waals surface area contributed by atoms with Crippen molar-refractivity contribution in [2.45, 2.75) is 24.3 Å². The summed E-state index contributed by atoms with van der Waals surface area (Å²) in [5.74, 6) is 0.754. The molecule has 0 radical (unpaired) electrons. The van der Waals surface area contributed by atoms with Crippen molar-refractivity contribution in [1.29, 1.82) is 0 Å². The van der Waals surface area contributed by atoms with Crippen molar-refractivity contribution in [2.75, 3.05) is 31.9 Å². The Kier molecular flexibility index (Phi) is 3.21. The largest absolute Gasteiger partial charge is 0.390 e. The second-order valence-corrected chi connectivity index (χ2v) is 6.16. The van der Waals surface area contributed by atoms with Gasteiger partial charge in [0.1, 0.15) is 0 Å². The SMILES string of the molecule is CC1CN([C@@H]2CNC[C@H]2O)CCS1=O. The zero-order valence-corrected chi connectivity index (χ0v) is 9.30. The third-order valence-corrected chi connectivity index (χ3v) is 4.77. The zero-order valence-electron chi connectivity index (χ0n) is 8.48. The van der Waals surface area contributed by atoms with Gasteiger partial charge in [-0.1, -0.05) is 0 Å². The molecule has 0 aliphatic carbocycles. The molecule has 2 heterocycles. The molecular weight excluding hydrogens is 200 g/mol. The molecule has 0 spiro atoms. The van der Waals surface area contributed by atoms with Crippen LogP contribution in [0.3, 0.4) is 0 Å². The zero-order chi connectivity index (χ0) is 10.1. The van der Waals surface area contributed by atoms with Gasteiger partial charge in [0, 0.05) is 54.0 Å². The quantitative estimate of drug-likeness (QED) is 0.579. The summed E-state index contributed by atoms with van der Waals surface area (Å²) < 4.78 is 11.4. The van der Waals surface area contributed by atoms with E-state index in [1.54, 1.807) is 0 Å². The maximum Gasteiger partial charge on any atom is 0.0831 e. The fourth-order valence-corrected chi connectivity index (χ4v) is 3.41. The lowest BCUT2D eigenvalue weighted by atomic mass is 10.1. The molecule has 2 N–H and O–H groups in total. The predicted molar refractivity (Wildman–Crippen MR) is 56.7 cm³/mol. The molecule has 2 aliphatic heterocycles. The molecule has 4 nitrogen and oxygen atoms in total. The van der Waals surface area contributed by atoms with E-state index in [0.717, 1.165) is 25.4 Å². The minimum absolute atomic E-state index is 0.231. The molecular formula is C9H18N2O2S. The van der Waals surface area contributed by atoms with Gasteiger partial charge in [0.15, 0.2) is 0 Å². The van der Waals surface area contributed by atoms with E-state index in [-0.39, 0.29) is 17.4 Å². The first kappa shape index (κ1) is 10.5. The molecule has 0 aromatic rings. The molecule has 0 bridgehead atoms. The molecule has 14 heavy (non-hydrogen) atoms. The van der Waals surface area contributed by atoms with Crippen LogP contribution in [0.5, 0.6) is 0 Å². The molecule has 0 aromatic heterocycles. The minimum Gasteiger partial charge on any atom is -0.390 e. The summed E-state index contributed by atoms with van der Waals surface area (Å²) in [6, 6.07) is 0.231. The van der Waals surface area contributed by atoms with E-state index in [2.05, 4.69) is 10.2 Å². The molecule has 0 amide bonds. The Morgan fingerprint density at radius 1 is 1.50 bits per heavy atom. The summed E-state index contributed by atoms with van der Waals surface area (Å²) in [5, 5.41) is 13.1. The lowest BCUT2D eigenvalue weighted by molar-refractivity contribution is 0.0853. The van der Waals surface area contributed by atoms with Gasteiger partial charge in [-0.2, -0.15) is 0 Å². The Hall–Kier alpha value is 0.0300. The number of aliphatic hydroxyl groups excluding tert-OH is 1. The summed E-state index contributed by atoms with van der Waals surface area (Å²) in [6.45, 7) is 5.30. The molecule has 4 atom stereocenters. The van der Waals surface area contributed by atoms with Crippen molar-refractivity contribution in [3.63, 3.8) is 0 Å². The van der Waals surface area contributed by atoms with Crippen LogP contribution < -0.4 is 5.32 Å². The van der Waals surface area contributed by atoms with E-state index in [4.69, 9.17) is 0 Å². The Labute approximate surface area is 87.1 Å². The van der Waals surface area contributed by atoms with Crippen LogP contribution in [0.1, 0.15) is 6.92 Å². The van der Waals surface area contributed by atoms with Gasteiger partial charge in [0.25, 0.3) is 0 Å². The smallest absolute Gasteiger partial charge is 0.0831 e. The highest BCUT2D eigenvalue weighted by Gasteiger charge is 2.34. The van der Waals surface area contributed by atoms with E-state index in [1.807, 2.05) is 6.92 Å². The van der Waals surface area contributed by atoms with E-state index < -0.39 is 10.8 Å². The summed E-state index contributed by atoms with van der Waals surface area (Å²) in [6.07, 6.45) is -0.256. The maximum atomic E-state index is 11.4. The summed E-state index contributed by atoms with van der Waals surface area (Å²) in [4.78, 5) is 2.27. The van der Waals surface area contributed by atoms with Crippen LogP contribution in [0.15, 0.2) is 0 Å². The Bertz CT molecular complexity index is 237. The molecule has 2 aliphatic rings. The minimum atomic E-state index is -0.661. The predicted octanol–water partition coefficient (Wildman–Crippen LogP) is -1.23.